The van der Waals surface area contributed by atoms with Gasteiger partial charge in [0.05, 0.1) is 5.69 Å². The fourth-order valence-corrected chi connectivity index (χ4v) is 1.05. The minimum Gasteiger partial charge on any atom is -0.330 e. The Morgan fingerprint density at radius 2 is 2.50 bits per heavy atom. The van der Waals surface area contributed by atoms with Gasteiger partial charge in [0.1, 0.15) is 0 Å². The van der Waals surface area contributed by atoms with Gasteiger partial charge in [-0.1, -0.05) is 6.08 Å². The molecule has 0 aromatic carbocycles. The van der Waals surface area contributed by atoms with E-state index in [4.69, 9.17) is 5.73 Å². The topological polar surface area (TPSA) is 43.8 Å². The van der Waals surface area contributed by atoms with Crippen molar-refractivity contribution in [3.05, 3.63) is 24.0 Å². The fraction of sp³-hybridized carbons (Fsp3) is 0.444. The summed E-state index contributed by atoms with van der Waals surface area (Å²) in [4.78, 5) is 0. The van der Waals surface area contributed by atoms with Crippen LogP contribution in [-0.4, -0.2) is 16.3 Å². The van der Waals surface area contributed by atoms with E-state index in [0.29, 0.717) is 6.54 Å². The predicted octanol–water partition coefficient (Wildman–Crippen LogP) is 1.27. The van der Waals surface area contributed by atoms with Crippen LogP contribution in [0.3, 0.4) is 0 Å². The highest BCUT2D eigenvalue weighted by Gasteiger charge is 1.93. The molecule has 2 N–H and O–H groups in total. The third-order valence-corrected chi connectivity index (χ3v) is 1.67. The van der Waals surface area contributed by atoms with Crippen LogP contribution in [-0.2, 0) is 6.54 Å². The number of aryl methyl sites for hydroxylation is 1. The first kappa shape index (κ1) is 9.00. The molecule has 0 radical (unpaired) electrons. The molecule has 0 aliphatic carbocycles. The van der Waals surface area contributed by atoms with E-state index in [1.807, 2.05) is 16.9 Å². The molecule has 3 nitrogen and oxygen atoms in total. The van der Waals surface area contributed by atoms with Gasteiger partial charge in [-0.25, -0.2) is 0 Å². The molecule has 0 saturated carbocycles. The Bertz CT molecular complexity index is 250. The molecule has 12 heavy (non-hydrogen) atoms. The summed E-state index contributed by atoms with van der Waals surface area (Å²) < 4.78 is 1.95. The van der Waals surface area contributed by atoms with Crippen molar-refractivity contribution in [3.8, 4) is 0 Å². The molecule has 0 spiro atoms. The fourth-order valence-electron chi connectivity index (χ4n) is 1.05. The molecule has 0 bridgehead atoms. The van der Waals surface area contributed by atoms with E-state index in [0.717, 1.165) is 18.7 Å². The average Bonchev–Trinajstić information content (AvgIpc) is 2.52. The van der Waals surface area contributed by atoms with E-state index in [9.17, 15) is 0 Å². The molecule has 3 heteroatoms. The Morgan fingerprint density at radius 3 is 3.17 bits per heavy atom. The molecule has 0 saturated heterocycles. The second kappa shape index (κ2) is 4.72. The van der Waals surface area contributed by atoms with E-state index in [2.05, 4.69) is 24.2 Å². The lowest BCUT2D eigenvalue weighted by atomic mass is 10.3. The molecular formula is C9H15N3. The second-order valence-corrected chi connectivity index (χ2v) is 2.55. The second-order valence-electron chi connectivity index (χ2n) is 2.55. The number of nitrogens with two attached hydrogens (primary N) is 1. The highest BCUT2D eigenvalue weighted by Crippen LogP contribution is 2.01. The predicted molar refractivity (Wildman–Crippen MR) is 50.6 cm³/mol. The molecule has 1 aromatic heterocycles. The lowest BCUT2D eigenvalue weighted by Gasteiger charge is -1.97. The summed E-state index contributed by atoms with van der Waals surface area (Å²) in [7, 11) is 0. The Kier molecular flexibility index (Phi) is 3.54. The summed E-state index contributed by atoms with van der Waals surface area (Å²) in [5, 5.41) is 4.15. The van der Waals surface area contributed by atoms with Gasteiger partial charge in [0.25, 0.3) is 0 Å². The standard InChI is InChI=1S/C9H15N3/c1-2-12-9(6-8-11-12)5-3-4-7-10/h3,5-6,8H,2,4,7,10H2,1H3. The van der Waals surface area contributed by atoms with Crippen molar-refractivity contribution in [2.45, 2.75) is 19.9 Å². The average molecular weight is 165 g/mol. The maximum absolute atomic E-state index is 5.36. The lowest BCUT2D eigenvalue weighted by molar-refractivity contribution is 0.653. The van der Waals surface area contributed by atoms with E-state index in [-0.39, 0.29) is 0 Å². The molecule has 0 amide bonds. The first-order valence-corrected chi connectivity index (χ1v) is 4.27. The van der Waals surface area contributed by atoms with E-state index >= 15 is 0 Å². The molecule has 0 fully saturated rings. The number of nitrogens with zero attached hydrogens (tertiary/aromatic N) is 2. The molecule has 0 unspecified atom stereocenters. The summed E-state index contributed by atoms with van der Waals surface area (Å²) in [5.74, 6) is 0. The van der Waals surface area contributed by atoms with Crippen LogP contribution in [0.25, 0.3) is 6.08 Å². The molecule has 0 aliphatic rings. The van der Waals surface area contributed by atoms with Crippen molar-refractivity contribution in [2.24, 2.45) is 5.73 Å². The zero-order valence-corrected chi connectivity index (χ0v) is 7.40. The number of rotatable bonds is 4. The third kappa shape index (κ3) is 2.20. The maximum atomic E-state index is 5.36. The lowest BCUT2D eigenvalue weighted by Crippen LogP contribution is -1.98. The molecule has 1 aromatic rings. The van der Waals surface area contributed by atoms with Crippen molar-refractivity contribution < 1.29 is 0 Å². The first-order valence-electron chi connectivity index (χ1n) is 4.27. The third-order valence-electron chi connectivity index (χ3n) is 1.67. The van der Waals surface area contributed by atoms with E-state index in [1.54, 1.807) is 0 Å². The number of hydrogen-bond acceptors (Lipinski definition) is 2. The summed E-state index contributed by atoms with van der Waals surface area (Å²) in [6, 6.07) is 2.00. The minimum atomic E-state index is 0.705. The van der Waals surface area contributed by atoms with Gasteiger partial charge >= 0.3 is 0 Å². The summed E-state index contributed by atoms with van der Waals surface area (Å²) in [6.07, 6.45) is 6.87. The van der Waals surface area contributed by atoms with Crippen LogP contribution in [0.1, 0.15) is 19.0 Å². The number of hydrogen-bond donors (Lipinski definition) is 1. The van der Waals surface area contributed by atoms with Crippen LogP contribution < -0.4 is 5.73 Å². The smallest absolute Gasteiger partial charge is 0.0606 e. The molecule has 0 aliphatic heterocycles. The molecule has 66 valence electrons. The molecule has 1 rings (SSSR count). The zero-order valence-electron chi connectivity index (χ0n) is 7.40. The molecule has 0 atom stereocenters. The monoisotopic (exact) mass is 165 g/mol. The van der Waals surface area contributed by atoms with Crippen molar-refractivity contribution >= 4 is 6.08 Å². The largest absolute Gasteiger partial charge is 0.330 e. The zero-order chi connectivity index (χ0) is 8.81. The molecular weight excluding hydrogens is 150 g/mol. The van der Waals surface area contributed by atoms with Crippen LogP contribution in [0.15, 0.2) is 18.3 Å². The van der Waals surface area contributed by atoms with Gasteiger partial charge in [-0.2, -0.15) is 5.10 Å². The Labute approximate surface area is 72.9 Å². The highest BCUT2D eigenvalue weighted by atomic mass is 15.3. The van der Waals surface area contributed by atoms with Crippen molar-refractivity contribution in [2.75, 3.05) is 6.54 Å². The van der Waals surface area contributed by atoms with Gasteiger partial charge < -0.3 is 5.73 Å². The van der Waals surface area contributed by atoms with Gasteiger partial charge in [-0.3, -0.25) is 4.68 Å². The quantitative estimate of drug-likeness (QED) is 0.730. The van der Waals surface area contributed by atoms with E-state index in [1.165, 1.54) is 0 Å². The number of aromatic nitrogens is 2. The Balaban J connectivity index is 2.61. The SMILES string of the molecule is CCn1nccc1C=CCCN. The van der Waals surface area contributed by atoms with Crippen LogP contribution in [0.5, 0.6) is 0 Å². The van der Waals surface area contributed by atoms with Gasteiger partial charge in [-0.05, 0) is 32.0 Å². The van der Waals surface area contributed by atoms with Gasteiger partial charge in [0.2, 0.25) is 0 Å². The summed E-state index contributed by atoms with van der Waals surface area (Å²) in [5.41, 5.74) is 6.51. The van der Waals surface area contributed by atoms with Gasteiger partial charge in [0, 0.05) is 12.7 Å². The molecule has 1 heterocycles. The maximum Gasteiger partial charge on any atom is 0.0606 e. The first-order chi connectivity index (χ1) is 5.88. The van der Waals surface area contributed by atoms with Crippen LogP contribution >= 0.6 is 0 Å². The van der Waals surface area contributed by atoms with Crippen molar-refractivity contribution in [3.63, 3.8) is 0 Å². The summed E-state index contributed by atoms with van der Waals surface area (Å²) in [6.45, 7) is 3.69. The Hall–Kier alpha value is -1.09. The summed E-state index contributed by atoms with van der Waals surface area (Å²) >= 11 is 0. The van der Waals surface area contributed by atoms with Gasteiger partial charge in [0.15, 0.2) is 0 Å². The van der Waals surface area contributed by atoms with Gasteiger partial charge in [-0.15, -0.1) is 0 Å². The Morgan fingerprint density at radius 1 is 1.67 bits per heavy atom. The minimum absolute atomic E-state index is 0.705. The van der Waals surface area contributed by atoms with Crippen molar-refractivity contribution in [1.82, 2.24) is 9.78 Å². The van der Waals surface area contributed by atoms with Crippen molar-refractivity contribution in [1.29, 1.82) is 0 Å². The van der Waals surface area contributed by atoms with Crippen LogP contribution in [0, 0.1) is 0 Å². The highest BCUT2D eigenvalue weighted by molar-refractivity contribution is 5.43. The van der Waals surface area contributed by atoms with Crippen LogP contribution in [0.2, 0.25) is 0 Å². The normalized spacial score (nSPS) is 11.2. The van der Waals surface area contributed by atoms with Crippen LogP contribution in [0.4, 0.5) is 0 Å². The van der Waals surface area contributed by atoms with E-state index < -0.39 is 0 Å².